The molecule has 0 aromatic carbocycles. The molecule has 4 heteroatoms. The highest BCUT2D eigenvalue weighted by Crippen LogP contribution is 2.19. The van der Waals surface area contributed by atoms with E-state index in [9.17, 15) is 0 Å². The minimum atomic E-state index is 1.01. The van der Waals surface area contributed by atoms with Gasteiger partial charge < -0.3 is 5.32 Å². The first-order valence-corrected chi connectivity index (χ1v) is 8.32. The van der Waals surface area contributed by atoms with Gasteiger partial charge >= 0.3 is 0 Å². The first kappa shape index (κ1) is 13.6. The third-order valence-corrected chi connectivity index (χ3v) is 4.52. The summed E-state index contributed by atoms with van der Waals surface area (Å²) in [4.78, 5) is 1.41. The molecule has 86 valence electrons. The Kier molecular flexibility index (Phi) is 7.79. The van der Waals surface area contributed by atoms with E-state index in [2.05, 4.69) is 38.9 Å². The van der Waals surface area contributed by atoms with E-state index in [4.69, 9.17) is 0 Å². The van der Waals surface area contributed by atoms with E-state index in [0.29, 0.717) is 0 Å². The van der Waals surface area contributed by atoms with Crippen molar-refractivity contribution in [2.75, 3.05) is 18.6 Å². The summed E-state index contributed by atoms with van der Waals surface area (Å²) in [5.41, 5.74) is 0. The van der Waals surface area contributed by atoms with Gasteiger partial charge in [-0.05, 0) is 53.4 Å². The summed E-state index contributed by atoms with van der Waals surface area (Å²) in [6.07, 6.45) is 6.18. The van der Waals surface area contributed by atoms with E-state index < -0.39 is 0 Å². The molecule has 0 aliphatic rings. The second-order valence-electron chi connectivity index (χ2n) is 3.46. The third kappa shape index (κ3) is 6.61. The quantitative estimate of drug-likeness (QED) is 0.725. The number of halogens is 1. The summed E-state index contributed by atoms with van der Waals surface area (Å²) < 4.78 is 1.20. The lowest BCUT2D eigenvalue weighted by atomic mass is 10.2. The van der Waals surface area contributed by atoms with Crippen LogP contribution in [0.15, 0.2) is 15.9 Å². The molecule has 0 aliphatic heterocycles. The Balaban J connectivity index is 1.93. The lowest BCUT2D eigenvalue weighted by Crippen LogP contribution is -2.13. The number of thiophene rings is 1. The largest absolute Gasteiger partial charge is 0.312 e. The molecule has 0 atom stereocenters. The van der Waals surface area contributed by atoms with Crippen LogP contribution in [0.1, 0.15) is 24.1 Å². The number of hydrogen-bond donors (Lipinski definition) is 1. The molecule has 15 heavy (non-hydrogen) atoms. The Bertz CT molecular complexity index is 263. The van der Waals surface area contributed by atoms with Crippen molar-refractivity contribution in [1.29, 1.82) is 0 Å². The predicted octanol–water partition coefficient (Wildman–Crippen LogP) is 4.13. The van der Waals surface area contributed by atoms with Gasteiger partial charge in [0.1, 0.15) is 0 Å². The van der Waals surface area contributed by atoms with Crippen LogP contribution in [0.2, 0.25) is 0 Å². The zero-order valence-corrected chi connectivity index (χ0v) is 12.3. The van der Waals surface area contributed by atoms with E-state index >= 15 is 0 Å². The molecule has 0 bridgehead atoms. The molecule has 1 nitrogen and oxygen atoms in total. The van der Waals surface area contributed by atoms with Gasteiger partial charge in [-0.3, -0.25) is 0 Å². The van der Waals surface area contributed by atoms with Gasteiger partial charge in [0, 0.05) is 21.3 Å². The van der Waals surface area contributed by atoms with E-state index in [1.165, 1.54) is 34.4 Å². The molecule has 1 N–H and O–H groups in total. The Hall–Kier alpha value is 0.490. The van der Waals surface area contributed by atoms with E-state index in [1.54, 1.807) is 0 Å². The van der Waals surface area contributed by atoms with Crippen LogP contribution < -0.4 is 5.32 Å². The number of hydrogen-bond acceptors (Lipinski definition) is 3. The van der Waals surface area contributed by atoms with Gasteiger partial charge in [-0.1, -0.05) is 6.42 Å². The van der Waals surface area contributed by atoms with Crippen molar-refractivity contribution in [3.05, 3.63) is 20.8 Å². The van der Waals surface area contributed by atoms with Gasteiger partial charge in [-0.15, -0.1) is 11.3 Å². The number of nitrogens with one attached hydrogen (secondary N) is 1. The van der Waals surface area contributed by atoms with Crippen molar-refractivity contribution in [3.63, 3.8) is 0 Å². The van der Waals surface area contributed by atoms with Crippen LogP contribution in [-0.2, 0) is 6.54 Å². The van der Waals surface area contributed by atoms with Gasteiger partial charge in [-0.2, -0.15) is 11.8 Å². The zero-order chi connectivity index (χ0) is 10.9. The van der Waals surface area contributed by atoms with Crippen LogP contribution in [0.4, 0.5) is 0 Å². The normalized spacial score (nSPS) is 10.8. The second kappa shape index (κ2) is 8.62. The number of rotatable bonds is 8. The molecule has 0 unspecified atom stereocenters. The van der Waals surface area contributed by atoms with Gasteiger partial charge in [0.2, 0.25) is 0 Å². The Morgan fingerprint density at radius 3 is 2.93 bits per heavy atom. The SMILES string of the molecule is CSCCCCCNCc1cc(Br)cs1. The fourth-order valence-electron chi connectivity index (χ4n) is 1.33. The Morgan fingerprint density at radius 1 is 1.40 bits per heavy atom. The fraction of sp³-hybridized carbons (Fsp3) is 0.636. The maximum absolute atomic E-state index is 3.47. The van der Waals surface area contributed by atoms with Crippen molar-refractivity contribution in [2.24, 2.45) is 0 Å². The molecule has 1 aromatic heterocycles. The average Bonchev–Trinajstić information content (AvgIpc) is 2.63. The van der Waals surface area contributed by atoms with Gasteiger partial charge in [0.05, 0.1) is 0 Å². The van der Waals surface area contributed by atoms with Crippen LogP contribution >= 0.6 is 39.0 Å². The number of thioether (sulfide) groups is 1. The molecule has 0 saturated carbocycles. The summed E-state index contributed by atoms with van der Waals surface area (Å²) in [5, 5.41) is 5.61. The molecule has 0 fully saturated rings. The monoisotopic (exact) mass is 307 g/mol. The predicted molar refractivity (Wildman–Crippen MR) is 76.0 cm³/mol. The maximum Gasteiger partial charge on any atom is 0.0300 e. The molecule has 1 rings (SSSR count). The van der Waals surface area contributed by atoms with E-state index in [-0.39, 0.29) is 0 Å². The molecule has 1 heterocycles. The first-order valence-electron chi connectivity index (χ1n) is 5.25. The Morgan fingerprint density at radius 2 is 2.27 bits per heavy atom. The highest BCUT2D eigenvalue weighted by Gasteiger charge is 1.96. The van der Waals surface area contributed by atoms with Crippen molar-refractivity contribution in [1.82, 2.24) is 5.32 Å². The van der Waals surface area contributed by atoms with Crippen LogP contribution in [0.25, 0.3) is 0 Å². The highest BCUT2D eigenvalue weighted by atomic mass is 79.9. The summed E-state index contributed by atoms with van der Waals surface area (Å²) >= 11 is 7.21. The van der Waals surface area contributed by atoms with E-state index in [0.717, 1.165) is 13.1 Å². The van der Waals surface area contributed by atoms with Crippen molar-refractivity contribution < 1.29 is 0 Å². The van der Waals surface area contributed by atoms with Crippen molar-refractivity contribution >= 4 is 39.0 Å². The minimum Gasteiger partial charge on any atom is -0.312 e. The molecule has 1 aromatic rings. The van der Waals surface area contributed by atoms with Crippen LogP contribution in [0.3, 0.4) is 0 Å². The van der Waals surface area contributed by atoms with Gasteiger partial charge in [-0.25, -0.2) is 0 Å². The lowest BCUT2D eigenvalue weighted by Gasteiger charge is -2.02. The Labute approximate surface area is 109 Å². The average molecular weight is 308 g/mol. The second-order valence-corrected chi connectivity index (χ2v) is 6.36. The molecular weight excluding hydrogens is 290 g/mol. The van der Waals surface area contributed by atoms with Crippen molar-refractivity contribution in [2.45, 2.75) is 25.8 Å². The van der Waals surface area contributed by atoms with Crippen LogP contribution in [0.5, 0.6) is 0 Å². The fourth-order valence-corrected chi connectivity index (χ4v) is 3.24. The van der Waals surface area contributed by atoms with E-state index in [1.807, 2.05) is 23.1 Å². The molecule has 0 saturated heterocycles. The maximum atomic E-state index is 3.47. The van der Waals surface area contributed by atoms with Gasteiger partial charge in [0.25, 0.3) is 0 Å². The molecule has 0 aliphatic carbocycles. The molecule has 0 radical (unpaired) electrons. The summed E-state index contributed by atoms with van der Waals surface area (Å²) in [7, 11) is 0. The van der Waals surface area contributed by atoms with Crippen LogP contribution in [0, 0.1) is 0 Å². The zero-order valence-electron chi connectivity index (χ0n) is 9.09. The molecule has 0 spiro atoms. The topological polar surface area (TPSA) is 12.0 Å². The smallest absolute Gasteiger partial charge is 0.0300 e. The third-order valence-electron chi connectivity index (χ3n) is 2.12. The van der Waals surface area contributed by atoms with Crippen LogP contribution in [-0.4, -0.2) is 18.6 Å². The summed E-state index contributed by atoms with van der Waals surface area (Å²) in [6.45, 7) is 2.16. The summed E-state index contributed by atoms with van der Waals surface area (Å²) in [5.74, 6) is 1.30. The molecule has 0 amide bonds. The molecular formula is C11H18BrNS2. The highest BCUT2D eigenvalue weighted by molar-refractivity contribution is 9.10. The minimum absolute atomic E-state index is 1.01. The lowest BCUT2D eigenvalue weighted by molar-refractivity contribution is 0.622. The summed E-state index contributed by atoms with van der Waals surface area (Å²) in [6, 6.07) is 2.19. The standard InChI is InChI=1S/C11H18BrNS2/c1-14-6-4-2-3-5-13-8-11-7-10(12)9-15-11/h7,9,13H,2-6,8H2,1H3. The van der Waals surface area contributed by atoms with Gasteiger partial charge in [0.15, 0.2) is 0 Å². The first-order chi connectivity index (χ1) is 7.33. The van der Waals surface area contributed by atoms with Crippen molar-refractivity contribution in [3.8, 4) is 0 Å². The number of unbranched alkanes of at least 4 members (excludes halogenated alkanes) is 2.